The van der Waals surface area contributed by atoms with E-state index in [1.165, 1.54) is 0 Å². The summed E-state index contributed by atoms with van der Waals surface area (Å²) in [5.41, 5.74) is 8.09. The molecule has 1 heterocycles. The number of piperidine rings is 1. The van der Waals surface area contributed by atoms with Gasteiger partial charge in [-0.3, -0.25) is 0 Å². The monoisotopic (exact) mass is 291 g/mol. The smallest absolute Gasteiger partial charge is 0.340 e. The number of anilines is 2. The van der Waals surface area contributed by atoms with Crippen molar-refractivity contribution in [1.82, 2.24) is 4.90 Å². The van der Waals surface area contributed by atoms with Gasteiger partial charge in [-0.2, -0.15) is 0 Å². The number of nitrogens with two attached hydrogens (primary N) is 1. The van der Waals surface area contributed by atoms with Crippen LogP contribution >= 0.6 is 0 Å². The second-order valence-electron chi connectivity index (χ2n) is 5.63. The quantitative estimate of drug-likeness (QED) is 0.679. The predicted octanol–water partition coefficient (Wildman–Crippen LogP) is 1.98. The number of esters is 1. The molecule has 1 saturated heterocycles. The van der Waals surface area contributed by atoms with Crippen molar-refractivity contribution < 1.29 is 9.53 Å². The lowest BCUT2D eigenvalue weighted by molar-refractivity contribution is 0.0527. The summed E-state index contributed by atoms with van der Waals surface area (Å²) in [6.07, 6.45) is 2.27. The van der Waals surface area contributed by atoms with Crippen LogP contribution in [0.4, 0.5) is 11.4 Å². The molecule has 116 valence electrons. The first-order chi connectivity index (χ1) is 10.0. The molecule has 0 radical (unpaired) electrons. The standard InChI is InChI=1S/C16H25N3O2/c1-4-21-16(20)13-8-5-9-14(17)15(13)19(3)12-7-6-10-18(2)11-12/h5,8-9,12H,4,6-7,10-11,17H2,1-3H3. The summed E-state index contributed by atoms with van der Waals surface area (Å²) < 4.78 is 5.15. The highest BCUT2D eigenvalue weighted by Crippen LogP contribution is 2.31. The van der Waals surface area contributed by atoms with E-state index in [2.05, 4.69) is 16.8 Å². The second-order valence-corrected chi connectivity index (χ2v) is 5.63. The van der Waals surface area contributed by atoms with E-state index >= 15 is 0 Å². The normalized spacial score (nSPS) is 19.3. The number of para-hydroxylation sites is 1. The molecule has 1 aromatic carbocycles. The number of likely N-dealkylation sites (tertiary alicyclic amines) is 1. The van der Waals surface area contributed by atoms with Gasteiger partial charge < -0.3 is 20.3 Å². The van der Waals surface area contributed by atoms with Crippen LogP contribution in [-0.2, 0) is 4.74 Å². The van der Waals surface area contributed by atoms with E-state index in [0.29, 0.717) is 23.9 Å². The molecule has 1 aliphatic rings. The Kier molecular flexibility index (Phi) is 5.07. The van der Waals surface area contributed by atoms with Gasteiger partial charge in [0.2, 0.25) is 0 Å². The minimum atomic E-state index is -0.309. The molecular formula is C16H25N3O2. The average Bonchev–Trinajstić information content (AvgIpc) is 2.46. The highest BCUT2D eigenvalue weighted by atomic mass is 16.5. The summed E-state index contributed by atoms with van der Waals surface area (Å²) in [6, 6.07) is 5.78. The molecule has 5 heteroatoms. The first kappa shape index (κ1) is 15.6. The van der Waals surface area contributed by atoms with Crippen LogP contribution in [0.1, 0.15) is 30.1 Å². The number of nitrogens with zero attached hydrogens (tertiary/aromatic N) is 2. The predicted molar refractivity (Wildman–Crippen MR) is 85.7 cm³/mol. The Bertz CT molecular complexity index is 504. The summed E-state index contributed by atoms with van der Waals surface area (Å²) in [6.45, 7) is 4.28. The molecule has 1 atom stereocenters. The number of ether oxygens (including phenoxy) is 1. The number of carbonyl (C=O) groups excluding carboxylic acids is 1. The Morgan fingerprint density at radius 1 is 1.52 bits per heavy atom. The van der Waals surface area contributed by atoms with Crippen LogP contribution in [-0.4, -0.2) is 50.7 Å². The number of nitrogen functional groups attached to an aromatic ring is 1. The van der Waals surface area contributed by atoms with Crippen molar-refractivity contribution in [2.75, 3.05) is 44.4 Å². The van der Waals surface area contributed by atoms with Gasteiger partial charge in [0.25, 0.3) is 0 Å². The molecule has 5 nitrogen and oxygen atoms in total. The number of hydrogen-bond acceptors (Lipinski definition) is 5. The molecule has 0 bridgehead atoms. The summed E-state index contributed by atoms with van der Waals surface area (Å²) in [4.78, 5) is 16.6. The molecular weight excluding hydrogens is 266 g/mol. The third-order valence-electron chi connectivity index (χ3n) is 4.06. The molecule has 0 aromatic heterocycles. The van der Waals surface area contributed by atoms with Crippen molar-refractivity contribution in [2.45, 2.75) is 25.8 Å². The number of rotatable bonds is 4. The van der Waals surface area contributed by atoms with E-state index in [1.807, 2.05) is 20.0 Å². The van der Waals surface area contributed by atoms with Crippen molar-refractivity contribution >= 4 is 17.3 Å². The highest BCUT2D eigenvalue weighted by molar-refractivity contribution is 5.99. The van der Waals surface area contributed by atoms with Crippen molar-refractivity contribution in [3.05, 3.63) is 23.8 Å². The maximum absolute atomic E-state index is 12.2. The van der Waals surface area contributed by atoms with Crippen molar-refractivity contribution in [3.8, 4) is 0 Å². The zero-order chi connectivity index (χ0) is 15.4. The Balaban J connectivity index is 2.30. The fraction of sp³-hybridized carbons (Fsp3) is 0.562. The van der Waals surface area contributed by atoms with Gasteiger partial charge in [0.15, 0.2) is 0 Å². The Hall–Kier alpha value is -1.75. The van der Waals surface area contributed by atoms with Gasteiger partial charge in [0.1, 0.15) is 0 Å². The van der Waals surface area contributed by atoms with Gasteiger partial charge in [-0.25, -0.2) is 4.79 Å². The largest absolute Gasteiger partial charge is 0.462 e. The van der Waals surface area contributed by atoms with Crippen LogP contribution in [0, 0.1) is 0 Å². The average molecular weight is 291 g/mol. The lowest BCUT2D eigenvalue weighted by Crippen LogP contribution is -2.45. The number of benzene rings is 1. The first-order valence-electron chi connectivity index (χ1n) is 7.51. The van der Waals surface area contributed by atoms with Gasteiger partial charge in [0, 0.05) is 19.6 Å². The fourth-order valence-electron chi connectivity index (χ4n) is 2.97. The molecule has 2 N–H and O–H groups in total. The van der Waals surface area contributed by atoms with Crippen molar-refractivity contribution in [2.24, 2.45) is 0 Å². The third-order valence-corrected chi connectivity index (χ3v) is 4.06. The lowest BCUT2D eigenvalue weighted by atomic mass is 10.0. The minimum absolute atomic E-state index is 0.309. The van der Waals surface area contributed by atoms with Crippen molar-refractivity contribution in [3.63, 3.8) is 0 Å². The van der Waals surface area contributed by atoms with Gasteiger partial charge in [-0.05, 0) is 45.5 Å². The summed E-state index contributed by atoms with van der Waals surface area (Å²) in [5.74, 6) is -0.309. The van der Waals surface area contributed by atoms with Crippen LogP contribution in [0.3, 0.4) is 0 Å². The number of likely N-dealkylation sites (N-methyl/N-ethyl adjacent to an activating group) is 2. The van der Waals surface area contributed by atoms with Crippen molar-refractivity contribution in [1.29, 1.82) is 0 Å². The molecule has 0 spiro atoms. The number of carbonyl (C=O) groups is 1. The Labute approximate surface area is 126 Å². The van der Waals surface area contributed by atoms with Gasteiger partial charge in [-0.1, -0.05) is 6.07 Å². The fourth-order valence-corrected chi connectivity index (χ4v) is 2.97. The number of hydrogen-bond donors (Lipinski definition) is 1. The molecule has 21 heavy (non-hydrogen) atoms. The third kappa shape index (κ3) is 3.47. The zero-order valence-electron chi connectivity index (χ0n) is 13.1. The van der Waals surface area contributed by atoms with Crippen LogP contribution in [0.5, 0.6) is 0 Å². The highest BCUT2D eigenvalue weighted by Gasteiger charge is 2.26. The molecule has 0 aliphatic carbocycles. The second kappa shape index (κ2) is 6.80. The maximum atomic E-state index is 12.2. The van der Waals surface area contributed by atoms with Gasteiger partial charge >= 0.3 is 5.97 Å². The van der Waals surface area contributed by atoms with Crippen LogP contribution < -0.4 is 10.6 Å². The zero-order valence-corrected chi connectivity index (χ0v) is 13.1. The van der Waals surface area contributed by atoms with E-state index in [0.717, 1.165) is 31.6 Å². The van der Waals surface area contributed by atoms with E-state index in [4.69, 9.17) is 10.5 Å². The molecule has 1 unspecified atom stereocenters. The summed E-state index contributed by atoms with van der Waals surface area (Å²) in [7, 11) is 4.14. The van der Waals surface area contributed by atoms with E-state index in [9.17, 15) is 4.79 Å². The Morgan fingerprint density at radius 2 is 2.29 bits per heavy atom. The van der Waals surface area contributed by atoms with Crippen LogP contribution in [0.25, 0.3) is 0 Å². The first-order valence-corrected chi connectivity index (χ1v) is 7.51. The Morgan fingerprint density at radius 3 is 2.95 bits per heavy atom. The van der Waals surface area contributed by atoms with Crippen LogP contribution in [0.15, 0.2) is 18.2 Å². The molecule has 1 aliphatic heterocycles. The van der Waals surface area contributed by atoms with Crippen LogP contribution in [0.2, 0.25) is 0 Å². The maximum Gasteiger partial charge on any atom is 0.340 e. The molecule has 0 saturated carbocycles. The molecule has 1 aromatic rings. The topological polar surface area (TPSA) is 58.8 Å². The van der Waals surface area contributed by atoms with E-state index in [-0.39, 0.29) is 5.97 Å². The molecule has 0 amide bonds. The minimum Gasteiger partial charge on any atom is -0.462 e. The van der Waals surface area contributed by atoms with Gasteiger partial charge in [0.05, 0.1) is 23.5 Å². The summed E-state index contributed by atoms with van der Waals surface area (Å²) >= 11 is 0. The SMILES string of the molecule is CCOC(=O)c1cccc(N)c1N(C)C1CCCN(C)C1. The van der Waals surface area contributed by atoms with E-state index in [1.54, 1.807) is 12.1 Å². The summed E-state index contributed by atoms with van der Waals surface area (Å²) in [5, 5.41) is 0. The molecule has 2 rings (SSSR count). The van der Waals surface area contributed by atoms with E-state index < -0.39 is 0 Å². The van der Waals surface area contributed by atoms with Gasteiger partial charge in [-0.15, -0.1) is 0 Å². The molecule has 1 fully saturated rings. The lowest BCUT2D eigenvalue weighted by Gasteiger charge is -2.38.